The van der Waals surface area contributed by atoms with Gasteiger partial charge in [0.1, 0.15) is 17.4 Å². The molecule has 28 heavy (non-hydrogen) atoms. The van der Waals surface area contributed by atoms with Crippen molar-refractivity contribution in [2.45, 2.75) is 20.0 Å². The lowest BCUT2D eigenvalue weighted by Crippen LogP contribution is -2.40. The summed E-state index contributed by atoms with van der Waals surface area (Å²) in [6.07, 6.45) is 0.383. The van der Waals surface area contributed by atoms with E-state index in [1.165, 1.54) is 17.9 Å². The predicted molar refractivity (Wildman–Crippen MR) is 107 cm³/mol. The molecule has 1 atom stereocenters. The standard InChI is InChI=1S/C22H22N2O4/c1-4-24(19-8-6-5-7-9-19)21(25)16(2)28-22(26)18(15-23)14-17-10-12-20(27-3)13-11-17/h5-14,16H,4H2,1-3H3/b18-14+/t16-/m0/s1. The van der Waals surface area contributed by atoms with Gasteiger partial charge < -0.3 is 14.4 Å². The molecule has 0 heterocycles. The number of methoxy groups -OCH3 is 1. The Morgan fingerprint density at radius 2 is 1.79 bits per heavy atom. The number of ether oxygens (including phenoxy) is 2. The van der Waals surface area contributed by atoms with Crippen LogP contribution < -0.4 is 9.64 Å². The number of nitriles is 1. The van der Waals surface area contributed by atoms with E-state index in [1.54, 1.807) is 43.5 Å². The van der Waals surface area contributed by atoms with Gasteiger partial charge >= 0.3 is 5.97 Å². The van der Waals surface area contributed by atoms with Crippen molar-refractivity contribution < 1.29 is 19.1 Å². The number of rotatable bonds is 7. The number of para-hydroxylation sites is 1. The second-order valence-electron chi connectivity index (χ2n) is 5.91. The van der Waals surface area contributed by atoms with Gasteiger partial charge in [-0.1, -0.05) is 30.3 Å². The lowest BCUT2D eigenvalue weighted by atomic mass is 10.1. The number of carbonyl (C=O) groups is 2. The van der Waals surface area contributed by atoms with Crippen LogP contribution in [0, 0.1) is 11.3 Å². The molecule has 1 amide bonds. The van der Waals surface area contributed by atoms with Gasteiger partial charge in [-0.05, 0) is 49.8 Å². The highest BCUT2D eigenvalue weighted by atomic mass is 16.5. The number of hydrogen-bond acceptors (Lipinski definition) is 5. The summed E-state index contributed by atoms with van der Waals surface area (Å²) >= 11 is 0. The van der Waals surface area contributed by atoms with Crippen LogP contribution in [0.5, 0.6) is 5.75 Å². The van der Waals surface area contributed by atoms with Crippen LogP contribution in [0.3, 0.4) is 0 Å². The Bertz CT molecular complexity index is 883. The average molecular weight is 378 g/mol. The molecule has 0 aliphatic heterocycles. The van der Waals surface area contributed by atoms with Crippen molar-refractivity contribution in [2.24, 2.45) is 0 Å². The van der Waals surface area contributed by atoms with Crippen LogP contribution in [0.25, 0.3) is 6.08 Å². The van der Waals surface area contributed by atoms with Gasteiger partial charge in [0.25, 0.3) is 5.91 Å². The summed E-state index contributed by atoms with van der Waals surface area (Å²) in [4.78, 5) is 26.6. The third-order valence-corrected chi connectivity index (χ3v) is 4.05. The molecule has 0 N–H and O–H groups in total. The van der Waals surface area contributed by atoms with Crippen LogP contribution in [0.1, 0.15) is 19.4 Å². The zero-order valence-corrected chi connectivity index (χ0v) is 16.1. The first-order valence-electron chi connectivity index (χ1n) is 8.83. The van der Waals surface area contributed by atoms with E-state index < -0.39 is 12.1 Å². The molecular weight excluding hydrogens is 356 g/mol. The minimum absolute atomic E-state index is 0.187. The van der Waals surface area contributed by atoms with Gasteiger partial charge in [-0.15, -0.1) is 0 Å². The predicted octanol–water partition coefficient (Wildman–Crippen LogP) is 3.59. The van der Waals surface area contributed by atoms with E-state index in [4.69, 9.17) is 9.47 Å². The van der Waals surface area contributed by atoms with E-state index in [0.29, 0.717) is 23.5 Å². The zero-order valence-electron chi connectivity index (χ0n) is 16.1. The van der Waals surface area contributed by atoms with Gasteiger partial charge in [-0.25, -0.2) is 4.79 Å². The Morgan fingerprint density at radius 1 is 1.14 bits per heavy atom. The second kappa shape index (κ2) is 9.93. The van der Waals surface area contributed by atoms with E-state index in [1.807, 2.05) is 31.2 Å². The van der Waals surface area contributed by atoms with Crippen LogP contribution in [0.2, 0.25) is 0 Å². The Hall–Kier alpha value is -3.59. The topological polar surface area (TPSA) is 79.6 Å². The molecule has 0 aliphatic carbocycles. The first kappa shape index (κ1) is 20.7. The van der Waals surface area contributed by atoms with E-state index in [2.05, 4.69) is 0 Å². The number of amides is 1. The SMILES string of the molecule is CCN(C(=O)[C@H](C)OC(=O)/C(C#N)=C/c1ccc(OC)cc1)c1ccccc1. The van der Waals surface area contributed by atoms with Gasteiger partial charge in [0.05, 0.1) is 7.11 Å². The van der Waals surface area contributed by atoms with Gasteiger partial charge in [0, 0.05) is 12.2 Å². The highest BCUT2D eigenvalue weighted by Gasteiger charge is 2.25. The van der Waals surface area contributed by atoms with Gasteiger partial charge in [-0.3, -0.25) is 4.79 Å². The lowest BCUT2D eigenvalue weighted by molar-refractivity contribution is -0.149. The molecule has 0 unspecified atom stereocenters. The molecule has 2 aromatic rings. The molecule has 2 aromatic carbocycles. The quantitative estimate of drug-likeness (QED) is 0.418. The monoisotopic (exact) mass is 378 g/mol. The van der Waals surface area contributed by atoms with Crippen molar-refractivity contribution in [1.82, 2.24) is 0 Å². The fourth-order valence-corrected chi connectivity index (χ4v) is 2.57. The molecule has 0 bridgehead atoms. The molecule has 0 saturated carbocycles. The molecular formula is C22H22N2O4. The van der Waals surface area contributed by atoms with Crippen LogP contribution in [-0.2, 0) is 14.3 Å². The molecule has 6 nitrogen and oxygen atoms in total. The van der Waals surface area contributed by atoms with Crippen LogP contribution in [0.4, 0.5) is 5.69 Å². The summed E-state index contributed by atoms with van der Waals surface area (Å²) in [5.74, 6) is -0.537. The zero-order chi connectivity index (χ0) is 20.5. The number of esters is 1. The molecule has 144 valence electrons. The third kappa shape index (κ3) is 5.21. The van der Waals surface area contributed by atoms with E-state index in [0.717, 1.165) is 0 Å². The summed E-state index contributed by atoms with van der Waals surface area (Å²) in [6, 6.07) is 17.8. The van der Waals surface area contributed by atoms with Crippen molar-refractivity contribution in [3.8, 4) is 11.8 Å². The molecule has 0 fully saturated rings. The Balaban J connectivity index is 2.11. The summed E-state index contributed by atoms with van der Waals surface area (Å²) < 4.78 is 10.3. The lowest BCUT2D eigenvalue weighted by Gasteiger charge is -2.24. The molecule has 0 aromatic heterocycles. The summed E-state index contributed by atoms with van der Waals surface area (Å²) in [6.45, 7) is 3.76. The second-order valence-corrected chi connectivity index (χ2v) is 5.91. The Labute approximate surface area is 164 Å². The van der Waals surface area contributed by atoms with Crippen molar-refractivity contribution >= 4 is 23.6 Å². The van der Waals surface area contributed by atoms with Gasteiger partial charge in [0.15, 0.2) is 6.10 Å². The van der Waals surface area contributed by atoms with Crippen molar-refractivity contribution in [1.29, 1.82) is 5.26 Å². The third-order valence-electron chi connectivity index (χ3n) is 4.05. The minimum atomic E-state index is -1.03. The van der Waals surface area contributed by atoms with E-state index in [-0.39, 0.29) is 11.5 Å². The molecule has 0 radical (unpaired) electrons. The van der Waals surface area contributed by atoms with Crippen LogP contribution in [-0.4, -0.2) is 31.6 Å². The number of likely N-dealkylation sites (N-methyl/N-ethyl adjacent to an activating group) is 1. The molecule has 2 rings (SSSR count). The van der Waals surface area contributed by atoms with E-state index in [9.17, 15) is 14.9 Å². The number of carbonyl (C=O) groups excluding carboxylic acids is 2. The van der Waals surface area contributed by atoms with Crippen LogP contribution >= 0.6 is 0 Å². The maximum Gasteiger partial charge on any atom is 0.349 e. The minimum Gasteiger partial charge on any atom is -0.497 e. The van der Waals surface area contributed by atoms with Crippen molar-refractivity contribution in [3.63, 3.8) is 0 Å². The van der Waals surface area contributed by atoms with Gasteiger partial charge in [-0.2, -0.15) is 5.26 Å². The Kier molecular flexibility index (Phi) is 7.35. The highest BCUT2D eigenvalue weighted by Crippen LogP contribution is 2.17. The summed E-state index contributed by atoms with van der Waals surface area (Å²) in [5, 5.41) is 9.30. The normalized spacial score (nSPS) is 11.9. The maximum absolute atomic E-state index is 12.7. The highest BCUT2D eigenvalue weighted by molar-refractivity contribution is 6.01. The first-order chi connectivity index (χ1) is 13.5. The molecule has 0 spiro atoms. The molecule has 0 saturated heterocycles. The summed E-state index contributed by atoms with van der Waals surface area (Å²) in [5.41, 5.74) is 1.17. The maximum atomic E-state index is 12.7. The van der Waals surface area contributed by atoms with Gasteiger partial charge in [0.2, 0.25) is 0 Å². The number of benzene rings is 2. The first-order valence-corrected chi connectivity index (χ1v) is 8.83. The van der Waals surface area contributed by atoms with E-state index >= 15 is 0 Å². The van der Waals surface area contributed by atoms with Crippen LogP contribution in [0.15, 0.2) is 60.2 Å². The summed E-state index contributed by atoms with van der Waals surface area (Å²) in [7, 11) is 1.55. The van der Waals surface area contributed by atoms with Crippen molar-refractivity contribution in [3.05, 3.63) is 65.7 Å². The molecule has 6 heteroatoms. The number of hydrogen-bond donors (Lipinski definition) is 0. The fourth-order valence-electron chi connectivity index (χ4n) is 2.57. The fraction of sp³-hybridized carbons (Fsp3) is 0.227. The molecule has 0 aliphatic rings. The largest absolute Gasteiger partial charge is 0.497 e. The number of nitrogens with zero attached hydrogens (tertiary/aromatic N) is 2. The number of anilines is 1. The Morgan fingerprint density at radius 3 is 2.32 bits per heavy atom. The smallest absolute Gasteiger partial charge is 0.349 e. The average Bonchev–Trinajstić information content (AvgIpc) is 2.73. The van der Waals surface area contributed by atoms with Crippen molar-refractivity contribution in [2.75, 3.05) is 18.6 Å².